The Bertz CT molecular complexity index is 708. The maximum atomic E-state index is 6.17. The molecule has 0 N–H and O–H groups in total. The zero-order chi connectivity index (χ0) is 26.6. The number of rotatable bonds is 22. The third-order valence-corrected chi connectivity index (χ3v) is 7.97. The lowest BCUT2D eigenvalue weighted by atomic mass is 9.97. The van der Waals surface area contributed by atoms with Crippen LogP contribution in [-0.2, 0) is 17.6 Å². The van der Waals surface area contributed by atoms with E-state index in [-0.39, 0.29) is 0 Å². The molecule has 0 spiro atoms. The van der Waals surface area contributed by atoms with E-state index in [9.17, 15) is 0 Å². The molecule has 37 heavy (non-hydrogen) atoms. The first-order valence-corrected chi connectivity index (χ1v) is 15.9. The van der Waals surface area contributed by atoms with Gasteiger partial charge >= 0.3 is 0 Å². The molecule has 2 aromatic carbocycles. The molecule has 2 atom stereocenters. The number of hydrogen-bond donors (Lipinski definition) is 0. The van der Waals surface area contributed by atoms with E-state index in [2.05, 4.69) is 76.2 Å². The fourth-order valence-electron chi connectivity index (χ4n) is 5.21. The van der Waals surface area contributed by atoms with E-state index >= 15 is 0 Å². The van der Waals surface area contributed by atoms with Crippen LogP contribution in [0, 0.1) is 0 Å². The van der Waals surface area contributed by atoms with Crippen LogP contribution < -0.4 is 0 Å². The van der Waals surface area contributed by atoms with Crippen molar-refractivity contribution in [3.8, 4) is 0 Å². The fourth-order valence-corrected chi connectivity index (χ4v) is 5.21. The van der Waals surface area contributed by atoms with Crippen molar-refractivity contribution in [2.45, 2.75) is 142 Å². The Balaban J connectivity index is 1.60. The summed E-state index contributed by atoms with van der Waals surface area (Å²) < 4.78 is 6.17. The second-order valence-electron chi connectivity index (χ2n) is 11.6. The molecule has 0 saturated heterocycles. The molecule has 0 heterocycles. The summed E-state index contributed by atoms with van der Waals surface area (Å²) in [5.74, 6) is 0.869. The van der Waals surface area contributed by atoms with Gasteiger partial charge in [-0.25, -0.2) is 0 Å². The molecule has 0 aliphatic carbocycles. The van der Waals surface area contributed by atoms with Gasteiger partial charge in [0.1, 0.15) is 0 Å². The molecule has 0 amide bonds. The monoisotopic (exact) mass is 506 g/mol. The van der Waals surface area contributed by atoms with Crippen LogP contribution in [0.3, 0.4) is 0 Å². The first-order valence-electron chi connectivity index (χ1n) is 15.9. The lowest BCUT2D eigenvalue weighted by molar-refractivity contribution is 0.113. The standard InChI is InChI=1S/C36H58O/c1-5-7-9-11-13-15-17-19-33-21-25-35(26-22-33)31(3)29-37-30-32(4)36-27-23-34(24-28-36)20-18-16-14-12-10-8-6-2/h21-28,31-32H,5-20,29-30H2,1-4H3. The fraction of sp³-hybridized carbons (Fsp3) is 0.667. The van der Waals surface area contributed by atoms with Crippen LogP contribution in [0.25, 0.3) is 0 Å². The first kappa shape index (κ1) is 31.6. The first-order chi connectivity index (χ1) is 18.1. The van der Waals surface area contributed by atoms with Crippen molar-refractivity contribution in [2.75, 3.05) is 13.2 Å². The van der Waals surface area contributed by atoms with Crippen LogP contribution in [0.2, 0.25) is 0 Å². The molecule has 0 fully saturated rings. The number of aryl methyl sites for hydroxylation is 2. The smallest absolute Gasteiger partial charge is 0.0532 e. The van der Waals surface area contributed by atoms with Gasteiger partial charge in [-0.1, -0.05) is 153 Å². The Hall–Kier alpha value is -1.60. The van der Waals surface area contributed by atoms with E-state index < -0.39 is 0 Å². The summed E-state index contributed by atoms with van der Waals surface area (Å²) in [5.41, 5.74) is 5.75. The zero-order valence-electron chi connectivity index (χ0n) is 24.9. The molecule has 0 bridgehead atoms. The largest absolute Gasteiger partial charge is 0.380 e. The summed E-state index contributed by atoms with van der Waals surface area (Å²) >= 11 is 0. The maximum Gasteiger partial charge on any atom is 0.0532 e. The van der Waals surface area contributed by atoms with E-state index in [0.29, 0.717) is 11.8 Å². The Morgan fingerprint density at radius 3 is 1.14 bits per heavy atom. The van der Waals surface area contributed by atoms with Gasteiger partial charge in [-0.2, -0.15) is 0 Å². The molecule has 1 nitrogen and oxygen atoms in total. The van der Waals surface area contributed by atoms with Gasteiger partial charge < -0.3 is 4.74 Å². The van der Waals surface area contributed by atoms with Gasteiger partial charge in [-0.3, -0.25) is 0 Å². The van der Waals surface area contributed by atoms with Crippen molar-refractivity contribution in [2.24, 2.45) is 0 Å². The van der Waals surface area contributed by atoms with Gasteiger partial charge in [0, 0.05) is 11.8 Å². The van der Waals surface area contributed by atoms with Crippen LogP contribution in [0.4, 0.5) is 0 Å². The average Bonchev–Trinajstić information content (AvgIpc) is 2.92. The minimum absolute atomic E-state index is 0.434. The van der Waals surface area contributed by atoms with Crippen molar-refractivity contribution in [1.29, 1.82) is 0 Å². The van der Waals surface area contributed by atoms with Crippen LogP contribution in [-0.4, -0.2) is 13.2 Å². The number of unbranched alkanes of at least 4 members (excludes halogenated alkanes) is 12. The van der Waals surface area contributed by atoms with Gasteiger partial charge in [0.2, 0.25) is 0 Å². The molecule has 0 saturated carbocycles. The van der Waals surface area contributed by atoms with E-state index in [1.165, 1.54) is 125 Å². The van der Waals surface area contributed by atoms with Crippen LogP contribution in [0.1, 0.15) is 152 Å². The minimum atomic E-state index is 0.434. The molecule has 208 valence electrons. The third kappa shape index (κ3) is 14.2. The normalized spacial score (nSPS) is 13.1. The highest BCUT2D eigenvalue weighted by atomic mass is 16.5. The predicted molar refractivity (Wildman–Crippen MR) is 164 cm³/mol. The molecule has 0 aliphatic heterocycles. The molecule has 0 radical (unpaired) electrons. The SMILES string of the molecule is CCCCCCCCCc1ccc(C(C)COCC(C)c2ccc(CCCCCCCCC)cc2)cc1. The second-order valence-corrected chi connectivity index (χ2v) is 11.6. The molecule has 0 aliphatic rings. The summed E-state index contributed by atoms with van der Waals surface area (Å²) in [6.07, 6.45) is 21.7. The number of ether oxygens (including phenoxy) is 1. The lowest BCUT2D eigenvalue weighted by Gasteiger charge is -2.17. The van der Waals surface area contributed by atoms with Crippen molar-refractivity contribution in [1.82, 2.24) is 0 Å². The predicted octanol–water partition coefficient (Wildman–Crippen LogP) is 11.2. The topological polar surface area (TPSA) is 9.23 Å². The summed E-state index contributed by atoms with van der Waals surface area (Å²) in [5, 5.41) is 0. The quantitative estimate of drug-likeness (QED) is 0.144. The van der Waals surface area contributed by atoms with Crippen molar-refractivity contribution >= 4 is 0 Å². The Morgan fingerprint density at radius 2 is 0.784 bits per heavy atom. The summed E-state index contributed by atoms with van der Waals surface area (Å²) in [6, 6.07) is 18.6. The second kappa shape index (κ2) is 20.4. The van der Waals surface area contributed by atoms with Gasteiger partial charge in [0.15, 0.2) is 0 Å². The highest BCUT2D eigenvalue weighted by Crippen LogP contribution is 2.21. The summed E-state index contributed by atoms with van der Waals surface area (Å²) in [7, 11) is 0. The molecular formula is C36H58O. The highest BCUT2D eigenvalue weighted by molar-refractivity contribution is 5.26. The van der Waals surface area contributed by atoms with Crippen LogP contribution >= 0.6 is 0 Å². The van der Waals surface area contributed by atoms with Crippen LogP contribution in [0.15, 0.2) is 48.5 Å². The van der Waals surface area contributed by atoms with E-state index in [4.69, 9.17) is 4.74 Å². The Morgan fingerprint density at radius 1 is 0.459 bits per heavy atom. The van der Waals surface area contributed by atoms with E-state index in [1.807, 2.05) is 0 Å². The number of benzene rings is 2. The van der Waals surface area contributed by atoms with Crippen molar-refractivity contribution < 1.29 is 4.74 Å². The Kier molecular flexibility index (Phi) is 17.4. The van der Waals surface area contributed by atoms with Gasteiger partial charge in [0.05, 0.1) is 13.2 Å². The molecule has 0 aromatic heterocycles. The molecule has 1 heteroatoms. The van der Waals surface area contributed by atoms with Crippen molar-refractivity contribution in [3.05, 3.63) is 70.8 Å². The van der Waals surface area contributed by atoms with Gasteiger partial charge in [0.25, 0.3) is 0 Å². The van der Waals surface area contributed by atoms with Gasteiger partial charge in [-0.15, -0.1) is 0 Å². The zero-order valence-corrected chi connectivity index (χ0v) is 24.9. The average molecular weight is 507 g/mol. The molecular weight excluding hydrogens is 448 g/mol. The summed E-state index contributed by atoms with van der Waals surface area (Å²) in [4.78, 5) is 0. The lowest BCUT2D eigenvalue weighted by Crippen LogP contribution is -2.10. The minimum Gasteiger partial charge on any atom is -0.380 e. The van der Waals surface area contributed by atoms with E-state index in [1.54, 1.807) is 0 Å². The molecule has 2 unspecified atom stereocenters. The third-order valence-electron chi connectivity index (χ3n) is 7.97. The number of hydrogen-bond acceptors (Lipinski definition) is 1. The maximum absolute atomic E-state index is 6.17. The molecule has 2 aromatic rings. The summed E-state index contributed by atoms with van der Waals surface area (Å²) in [6.45, 7) is 10.7. The highest BCUT2D eigenvalue weighted by Gasteiger charge is 2.10. The molecule has 2 rings (SSSR count). The van der Waals surface area contributed by atoms with Gasteiger partial charge in [-0.05, 0) is 47.9 Å². The Labute approximate surface area is 230 Å². The van der Waals surface area contributed by atoms with E-state index in [0.717, 1.165) is 13.2 Å². The van der Waals surface area contributed by atoms with Crippen molar-refractivity contribution in [3.63, 3.8) is 0 Å². The van der Waals surface area contributed by atoms with Crippen LogP contribution in [0.5, 0.6) is 0 Å².